The second-order valence-electron chi connectivity index (χ2n) is 6.53. The Morgan fingerprint density at radius 2 is 1.46 bits per heavy atom. The second kappa shape index (κ2) is 8.00. The molecule has 0 aliphatic heterocycles. The summed E-state index contributed by atoms with van der Waals surface area (Å²) >= 11 is 0. The average Bonchev–Trinajstić information content (AvgIpc) is 3.05. The number of carbonyl (C=O) groups excluding carboxylic acids is 2. The highest BCUT2D eigenvalue weighted by Crippen LogP contribution is 2.20. The molecule has 0 atom stereocenters. The monoisotopic (exact) mass is 377 g/mol. The van der Waals surface area contributed by atoms with Gasteiger partial charge in [-0.25, -0.2) is 4.79 Å². The molecule has 0 radical (unpaired) electrons. The van der Waals surface area contributed by atoms with E-state index < -0.39 is 6.09 Å². The maximum atomic E-state index is 12.5. The van der Waals surface area contributed by atoms with Crippen molar-refractivity contribution in [2.24, 2.45) is 0 Å². The number of methoxy groups -OCH3 is 1. The van der Waals surface area contributed by atoms with Crippen LogP contribution in [0.15, 0.2) is 60.7 Å². The number of hydrogen-bond donors (Lipinski definition) is 1. The van der Waals surface area contributed by atoms with Gasteiger partial charge in [0.1, 0.15) is 0 Å². The SMILES string of the molecule is COC(=O)N(C)c1ccc(NC(=O)c2ccc(-n3c(C)ccc3C)cc2)cc1. The van der Waals surface area contributed by atoms with E-state index in [1.807, 2.05) is 24.3 Å². The Bertz CT molecular complexity index is 969. The minimum Gasteiger partial charge on any atom is -0.452 e. The van der Waals surface area contributed by atoms with Crippen LogP contribution in [0.2, 0.25) is 0 Å². The number of aromatic nitrogens is 1. The fourth-order valence-electron chi connectivity index (χ4n) is 3.05. The molecule has 144 valence electrons. The lowest BCUT2D eigenvalue weighted by Crippen LogP contribution is -2.25. The predicted octanol–water partition coefficient (Wildman–Crippen LogP) is 4.55. The number of ether oxygens (including phenoxy) is 1. The van der Waals surface area contributed by atoms with Crippen molar-refractivity contribution in [3.05, 3.63) is 77.6 Å². The Hall–Kier alpha value is -3.54. The molecule has 1 heterocycles. The van der Waals surface area contributed by atoms with Crippen LogP contribution < -0.4 is 10.2 Å². The molecule has 0 aliphatic rings. The van der Waals surface area contributed by atoms with Crippen LogP contribution in [0.25, 0.3) is 5.69 Å². The first kappa shape index (κ1) is 19.2. The molecular formula is C22H23N3O3. The van der Waals surface area contributed by atoms with E-state index in [9.17, 15) is 9.59 Å². The van der Waals surface area contributed by atoms with Crippen LogP contribution in [0.3, 0.4) is 0 Å². The molecule has 0 saturated heterocycles. The number of nitrogens with one attached hydrogen (secondary N) is 1. The van der Waals surface area contributed by atoms with Crippen molar-refractivity contribution >= 4 is 23.4 Å². The molecule has 3 aromatic rings. The summed E-state index contributed by atoms with van der Waals surface area (Å²) < 4.78 is 6.82. The molecular weight excluding hydrogens is 354 g/mol. The van der Waals surface area contributed by atoms with E-state index in [0.717, 1.165) is 17.1 Å². The topological polar surface area (TPSA) is 63.6 Å². The summed E-state index contributed by atoms with van der Waals surface area (Å²) in [6, 6.07) is 18.6. The van der Waals surface area contributed by atoms with Gasteiger partial charge in [0.2, 0.25) is 0 Å². The molecule has 0 unspecified atom stereocenters. The van der Waals surface area contributed by atoms with Crippen molar-refractivity contribution in [2.45, 2.75) is 13.8 Å². The third-order valence-electron chi connectivity index (χ3n) is 4.62. The summed E-state index contributed by atoms with van der Waals surface area (Å²) in [4.78, 5) is 25.4. The first-order chi connectivity index (χ1) is 13.4. The van der Waals surface area contributed by atoms with Crippen LogP contribution >= 0.6 is 0 Å². The zero-order valence-corrected chi connectivity index (χ0v) is 16.4. The fourth-order valence-corrected chi connectivity index (χ4v) is 3.05. The number of rotatable bonds is 4. The zero-order chi connectivity index (χ0) is 20.3. The molecule has 1 aromatic heterocycles. The summed E-state index contributed by atoms with van der Waals surface area (Å²) in [6.45, 7) is 4.10. The first-order valence-electron chi connectivity index (χ1n) is 8.89. The highest BCUT2D eigenvalue weighted by atomic mass is 16.5. The lowest BCUT2D eigenvalue weighted by atomic mass is 10.1. The number of amides is 2. The normalized spacial score (nSPS) is 10.4. The van der Waals surface area contributed by atoms with Gasteiger partial charge in [-0.05, 0) is 74.5 Å². The maximum Gasteiger partial charge on any atom is 0.413 e. The highest BCUT2D eigenvalue weighted by molar-refractivity contribution is 6.04. The fraction of sp³-hybridized carbons (Fsp3) is 0.182. The van der Waals surface area contributed by atoms with Crippen molar-refractivity contribution in [3.63, 3.8) is 0 Å². The lowest BCUT2D eigenvalue weighted by molar-refractivity contribution is 0.102. The summed E-state index contributed by atoms with van der Waals surface area (Å²) in [6.07, 6.45) is -0.454. The number of nitrogens with zero attached hydrogens (tertiary/aromatic N) is 2. The molecule has 28 heavy (non-hydrogen) atoms. The molecule has 0 fully saturated rings. The number of carbonyl (C=O) groups is 2. The van der Waals surface area contributed by atoms with Crippen LogP contribution in [0.5, 0.6) is 0 Å². The van der Waals surface area contributed by atoms with Crippen molar-refractivity contribution in [1.82, 2.24) is 4.57 Å². The Morgan fingerprint density at radius 1 is 0.893 bits per heavy atom. The smallest absolute Gasteiger partial charge is 0.413 e. The predicted molar refractivity (Wildman–Crippen MR) is 110 cm³/mol. The molecule has 6 heteroatoms. The third kappa shape index (κ3) is 3.91. The van der Waals surface area contributed by atoms with Crippen molar-refractivity contribution in [3.8, 4) is 5.69 Å². The van der Waals surface area contributed by atoms with Crippen LogP contribution in [0.1, 0.15) is 21.7 Å². The van der Waals surface area contributed by atoms with Gasteiger partial charge in [0.15, 0.2) is 0 Å². The summed E-state index contributed by atoms with van der Waals surface area (Å²) in [5.74, 6) is -0.193. The average molecular weight is 377 g/mol. The van der Waals surface area contributed by atoms with Gasteiger partial charge in [0.25, 0.3) is 5.91 Å². The minimum atomic E-state index is -0.454. The maximum absolute atomic E-state index is 12.5. The molecule has 1 N–H and O–H groups in total. The van der Waals surface area contributed by atoms with Gasteiger partial charge >= 0.3 is 6.09 Å². The molecule has 6 nitrogen and oxygen atoms in total. The summed E-state index contributed by atoms with van der Waals surface area (Å²) in [5, 5.41) is 2.86. The first-order valence-corrected chi connectivity index (χ1v) is 8.89. The van der Waals surface area contributed by atoms with E-state index in [0.29, 0.717) is 16.9 Å². The quantitative estimate of drug-likeness (QED) is 0.725. The van der Waals surface area contributed by atoms with Gasteiger partial charge in [0.05, 0.1) is 7.11 Å². The number of hydrogen-bond acceptors (Lipinski definition) is 3. The lowest BCUT2D eigenvalue weighted by Gasteiger charge is -2.16. The van der Waals surface area contributed by atoms with Crippen LogP contribution in [0, 0.1) is 13.8 Å². The summed E-state index contributed by atoms with van der Waals surface area (Å²) in [7, 11) is 2.95. The van der Waals surface area contributed by atoms with Gasteiger partial charge < -0.3 is 14.6 Å². The van der Waals surface area contributed by atoms with E-state index in [2.05, 4.69) is 40.6 Å². The molecule has 0 bridgehead atoms. The van der Waals surface area contributed by atoms with Gasteiger partial charge in [-0.15, -0.1) is 0 Å². The summed E-state index contributed by atoms with van der Waals surface area (Å²) in [5.41, 5.74) is 5.20. The standard InChI is InChI=1S/C22H23N3O3/c1-15-5-6-16(2)25(15)20-11-7-17(8-12-20)21(26)23-18-9-13-19(14-10-18)24(3)22(27)28-4/h5-14H,1-4H3,(H,23,26). The molecule has 2 aromatic carbocycles. The highest BCUT2D eigenvalue weighted by Gasteiger charge is 2.11. The van der Waals surface area contributed by atoms with Crippen LogP contribution in [-0.2, 0) is 4.74 Å². The van der Waals surface area contributed by atoms with Crippen molar-refractivity contribution in [1.29, 1.82) is 0 Å². The second-order valence-corrected chi connectivity index (χ2v) is 6.53. The zero-order valence-electron chi connectivity index (χ0n) is 16.4. The van der Waals surface area contributed by atoms with Gasteiger partial charge in [0, 0.05) is 41.1 Å². The van der Waals surface area contributed by atoms with Gasteiger partial charge in [-0.2, -0.15) is 0 Å². The van der Waals surface area contributed by atoms with Crippen LogP contribution in [0.4, 0.5) is 16.2 Å². The van der Waals surface area contributed by atoms with E-state index in [1.165, 1.54) is 12.0 Å². The van der Waals surface area contributed by atoms with Crippen molar-refractivity contribution < 1.29 is 14.3 Å². The Morgan fingerprint density at radius 3 is 2.00 bits per heavy atom. The molecule has 3 rings (SSSR count). The largest absolute Gasteiger partial charge is 0.452 e. The molecule has 0 aliphatic carbocycles. The Labute approximate surface area is 164 Å². The van der Waals surface area contributed by atoms with E-state index in [1.54, 1.807) is 31.3 Å². The van der Waals surface area contributed by atoms with Gasteiger partial charge in [-0.1, -0.05) is 0 Å². The van der Waals surface area contributed by atoms with Gasteiger partial charge in [-0.3, -0.25) is 9.69 Å². The van der Waals surface area contributed by atoms with E-state index in [-0.39, 0.29) is 5.91 Å². The molecule has 2 amide bonds. The Balaban J connectivity index is 1.70. The number of benzene rings is 2. The minimum absolute atomic E-state index is 0.193. The number of aryl methyl sites for hydroxylation is 2. The molecule has 0 spiro atoms. The third-order valence-corrected chi connectivity index (χ3v) is 4.62. The Kier molecular flexibility index (Phi) is 5.49. The van der Waals surface area contributed by atoms with Crippen molar-refractivity contribution in [2.75, 3.05) is 24.4 Å². The van der Waals surface area contributed by atoms with E-state index >= 15 is 0 Å². The number of anilines is 2. The van der Waals surface area contributed by atoms with Crippen LogP contribution in [-0.4, -0.2) is 30.7 Å². The molecule has 0 saturated carbocycles. The van der Waals surface area contributed by atoms with E-state index in [4.69, 9.17) is 0 Å².